The second-order valence-corrected chi connectivity index (χ2v) is 11.7. The van der Waals surface area contributed by atoms with Gasteiger partial charge >= 0.3 is 6.09 Å². The number of benzene rings is 1. The van der Waals surface area contributed by atoms with Gasteiger partial charge in [0.05, 0.1) is 23.4 Å². The first-order valence-electron chi connectivity index (χ1n) is 13.9. The van der Waals surface area contributed by atoms with Crippen molar-refractivity contribution in [2.24, 2.45) is 5.92 Å². The second-order valence-electron chi connectivity index (χ2n) is 11.7. The van der Waals surface area contributed by atoms with Crippen molar-refractivity contribution in [2.75, 3.05) is 32.8 Å². The molecular formula is C30H35N5O5. The van der Waals surface area contributed by atoms with Gasteiger partial charge < -0.3 is 19.1 Å². The summed E-state index contributed by atoms with van der Waals surface area (Å²) in [7, 11) is 0. The first-order valence-corrected chi connectivity index (χ1v) is 13.9. The number of piperazine rings is 1. The van der Waals surface area contributed by atoms with Gasteiger partial charge in [-0.1, -0.05) is 0 Å². The molecule has 1 aromatic carbocycles. The fourth-order valence-electron chi connectivity index (χ4n) is 5.18. The highest BCUT2D eigenvalue weighted by Gasteiger charge is 2.37. The zero-order chi connectivity index (χ0) is 28.0. The molecular weight excluding hydrogens is 510 g/mol. The molecule has 0 spiro atoms. The number of fused-ring (bicyclic) bond motifs is 2. The number of ether oxygens (including phenoxy) is 3. The van der Waals surface area contributed by atoms with Crippen LogP contribution >= 0.6 is 0 Å². The maximum Gasteiger partial charge on any atom is 0.410 e. The van der Waals surface area contributed by atoms with Crippen molar-refractivity contribution in [3.05, 3.63) is 53.0 Å². The first kappa shape index (κ1) is 26.3. The number of carbonyl (C=O) groups is 2. The summed E-state index contributed by atoms with van der Waals surface area (Å²) >= 11 is 0. The van der Waals surface area contributed by atoms with E-state index in [0.717, 1.165) is 16.7 Å². The standard InChI is InChI=1S/C30H35N5O5/c1-18(34-12-14-35(15-13-34)29(37)40-30(2,3)4)25-23(38-17-19-7-8-19)10-9-21-26(36)24(39-27(21)25)16-22-20-6-5-11-31-28(20)33-32-22/h5-6,9-11,16,18-19H,7-8,12-15,17H2,1-4H3,(H,31,32,33)/b24-16-. The molecule has 3 aromatic rings. The Balaban J connectivity index is 1.27. The van der Waals surface area contributed by atoms with Crippen LogP contribution in [-0.4, -0.2) is 75.2 Å². The van der Waals surface area contributed by atoms with Gasteiger partial charge in [0.15, 0.2) is 11.4 Å². The number of rotatable bonds is 6. The number of pyridine rings is 1. The van der Waals surface area contributed by atoms with Crippen LogP contribution in [0.25, 0.3) is 17.1 Å². The van der Waals surface area contributed by atoms with Crippen LogP contribution in [0.3, 0.4) is 0 Å². The van der Waals surface area contributed by atoms with Gasteiger partial charge in [0.25, 0.3) is 0 Å². The van der Waals surface area contributed by atoms with Gasteiger partial charge in [0.1, 0.15) is 17.1 Å². The minimum atomic E-state index is -0.534. The first-order chi connectivity index (χ1) is 19.2. The Kier molecular flexibility index (Phi) is 6.74. The van der Waals surface area contributed by atoms with Crippen LogP contribution < -0.4 is 9.47 Å². The molecule has 3 aliphatic rings. The van der Waals surface area contributed by atoms with Crippen molar-refractivity contribution in [3.8, 4) is 11.5 Å². The molecule has 2 aromatic heterocycles. The smallest absolute Gasteiger partial charge is 0.410 e. The predicted molar refractivity (Wildman–Crippen MR) is 149 cm³/mol. The van der Waals surface area contributed by atoms with Gasteiger partial charge in [-0.2, -0.15) is 5.10 Å². The van der Waals surface area contributed by atoms with Gasteiger partial charge in [0.2, 0.25) is 5.78 Å². The number of nitrogens with one attached hydrogen (secondary N) is 1. The van der Waals surface area contributed by atoms with Crippen molar-refractivity contribution >= 4 is 29.0 Å². The van der Waals surface area contributed by atoms with Crippen molar-refractivity contribution in [3.63, 3.8) is 0 Å². The van der Waals surface area contributed by atoms with Crippen molar-refractivity contribution in [1.29, 1.82) is 0 Å². The molecule has 2 fully saturated rings. The zero-order valence-corrected chi connectivity index (χ0v) is 23.4. The lowest BCUT2D eigenvalue weighted by Gasteiger charge is -2.39. The summed E-state index contributed by atoms with van der Waals surface area (Å²) in [5, 5.41) is 8.05. The molecule has 1 N–H and O–H groups in total. The average molecular weight is 546 g/mol. The van der Waals surface area contributed by atoms with Crippen LogP contribution in [0.5, 0.6) is 11.5 Å². The third kappa shape index (κ3) is 5.28. The number of allylic oxidation sites excluding steroid dienone is 1. The maximum absolute atomic E-state index is 13.5. The topological polar surface area (TPSA) is 110 Å². The van der Waals surface area contributed by atoms with E-state index in [-0.39, 0.29) is 23.7 Å². The van der Waals surface area contributed by atoms with Crippen LogP contribution in [0.2, 0.25) is 0 Å². The largest absolute Gasteiger partial charge is 0.493 e. The number of H-pyrrole nitrogens is 1. The van der Waals surface area contributed by atoms with Crippen LogP contribution in [0.1, 0.15) is 68.2 Å². The Morgan fingerprint density at radius 1 is 1.20 bits per heavy atom. The van der Waals surface area contributed by atoms with Gasteiger partial charge in [-0.15, -0.1) is 0 Å². The number of nitrogens with zero attached hydrogens (tertiary/aromatic N) is 4. The highest BCUT2D eigenvalue weighted by atomic mass is 16.6. The Morgan fingerprint density at radius 3 is 2.70 bits per heavy atom. The number of ketones is 1. The Bertz CT molecular complexity index is 1480. The van der Waals surface area contributed by atoms with E-state index >= 15 is 0 Å². The molecule has 0 radical (unpaired) electrons. The molecule has 1 aliphatic carbocycles. The number of hydrogen-bond acceptors (Lipinski definition) is 8. The van der Waals surface area contributed by atoms with E-state index in [1.54, 1.807) is 23.2 Å². The third-order valence-electron chi connectivity index (χ3n) is 7.57. The van der Waals surface area contributed by atoms with Crippen molar-refractivity contribution in [1.82, 2.24) is 25.0 Å². The van der Waals surface area contributed by atoms with Gasteiger partial charge in [-0.25, -0.2) is 9.78 Å². The fourth-order valence-corrected chi connectivity index (χ4v) is 5.18. The summed E-state index contributed by atoms with van der Waals surface area (Å²) in [4.78, 5) is 34.4. The van der Waals surface area contributed by atoms with E-state index < -0.39 is 5.60 Å². The lowest BCUT2D eigenvalue weighted by Crippen LogP contribution is -2.50. The van der Waals surface area contributed by atoms with E-state index in [9.17, 15) is 9.59 Å². The Labute approximate surface area is 233 Å². The van der Waals surface area contributed by atoms with E-state index in [4.69, 9.17) is 14.2 Å². The molecule has 4 heterocycles. The molecule has 0 bridgehead atoms. The van der Waals surface area contributed by atoms with E-state index in [1.165, 1.54) is 12.8 Å². The SMILES string of the molecule is CC(c1c(OCC2CC2)ccc2c1O/C(=C\c1n[nH]c3ncccc13)C2=O)N1CCN(C(=O)OC(C)(C)C)CC1. The van der Waals surface area contributed by atoms with Gasteiger partial charge in [-0.05, 0) is 70.7 Å². The van der Waals surface area contributed by atoms with Crippen LogP contribution in [-0.2, 0) is 4.74 Å². The molecule has 210 valence electrons. The fraction of sp³-hybridized carbons (Fsp3) is 0.467. The van der Waals surface area contributed by atoms with Crippen molar-refractivity contribution < 1.29 is 23.8 Å². The average Bonchev–Trinajstić information content (AvgIpc) is 3.60. The molecule has 10 nitrogen and oxygen atoms in total. The molecule has 1 unspecified atom stereocenters. The normalized spacial score (nSPS) is 19.6. The molecule has 40 heavy (non-hydrogen) atoms. The molecule has 1 saturated heterocycles. The van der Waals surface area contributed by atoms with E-state index in [2.05, 4.69) is 27.0 Å². The second kappa shape index (κ2) is 10.2. The number of amides is 1. The molecule has 2 aliphatic heterocycles. The van der Waals surface area contributed by atoms with E-state index in [1.807, 2.05) is 39.0 Å². The van der Waals surface area contributed by atoms with Crippen LogP contribution in [0.4, 0.5) is 4.79 Å². The predicted octanol–water partition coefficient (Wildman–Crippen LogP) is 4.98. The van der Waals surface area contributed by atoms with E-state index in [0.29, 0.717) is 61.4 Å². The quantitative estimate of drug-likeness (QED) is 0.432. The number of aromatic amines is 1. The summed E-state index contributed by atoms with van der Waals surface area (Å²) in [5.41, 5.74) is 2.07. The Hall–Kier alpha value is -3.92. The molecule has 6 rings (SSSR count). The van der Waals surface area contributed by atoms with Crippen molar-refractivity contribution in [2.45, 2.75) is 52.2 Å². The molecule has 1 amide bonds. The highest BCUT2D eigenvalue weighted by Crippen LogP contribution is 2.45. The lowest BCUT2D eigenvalue weighted by atomic mass is 9.99. The lowest BCUT2D eigenvalue weighted by molar-refractivity contribution is 0.0108. The minimum absolute atomic E-state index is 0.104. The Morgan fingerprint density at radius 2 is 1.98 bits per heavy atom. The van der Waals surface area contributed by atoms with Crippen LogP contribution in [0.15, 0.2) is 36.2 Å². The summed E-state index contributed by atoms with van der Waals surface area (Å²) in [5.74, 6) is 1.87. The number of Topliss-reactive ketones (excluding diaryl/α,β-unsaturated/α-hetero) is 1. The summed E-state index contributed by atoms with van der Waals surface area (Å²) in [6, 6.07) is 7.31. The highest BCUT2D eigenvalue weighted by molar-refractivity contribution is 6.15. The summed E-state index contributed by atoms with van der Waals surface area (Å²) < 4.78 is 18.2. The number of aromatic nitrogens is 3. The summed E-state index contributed by atoms with van der Waals surface area (Å²) in [6.07, 6.45) is 5.42. The molecule has 10 heteroatoms. The monoisotopic (exact) mass is 545 g/mol. The summed E-state index contributed by atoms with van der Waals surface area (Å²) in [6.45, 7) is 10.8. The van der Waals surface area contributed by atoms with Crippen LogP contribution in [0, 0.1) is 5.92 Å². The number of carbonyl (C=O) groups excluding carboxylic acids is 2. The molecule has 1 atom stereocenters. The minimum Gasteiger partial charge on any atom is -0.493 e. The van der Waals surface area contributed by atoms with Gasteiger partial charge in [-0.3, -0.25) is 14.8 Å². The third-order valence-corrected chi connectivity index (χ3v) is 7.57. The van der Waals surface area contributed by atoms with Gasteiger partial charge in [0, 0.05) is 49.9 Å². The zero-order valence-electron chi connectivity index (χ0n) is 23.4. The molecule has 1 saturated carbocycles. The number of hydrogen-bond donors (Lipinski definition) is 1. The maximum atomic E-state index is 13.5.